The molecule has 56 valence electrons. The summed E-state index contributed by atoms with van der Waals surface area (Å²) in [6, 6.07) is 0. The Labute approximate surface area is 63.0 Å². The Morgan fingerprint density at radius 2 is 1.50 bits per heavy atom. The largest absolute Gasteiger partial charge is 0.374 e. The molecule has 0 aromatic carbocycles. The van der Waals surface area contributed by atoms with Crippen molar-refractivity contribution in [2.24, 2.45) is 32.9 Å². The van der Waals surface area contributed by atoms with Crippen molar-refractivity contribution in [2.75, 3.05) is 0 Å². The summed E-state index contributed by atoms with van der Waals surface area (Å²) in [5.74, 6) is -0.329. The summed E-state index contributed by atoms with van der Waals surface area (Å²) in [6.07, 6.45) is 0. The van der Waals surface area contributed by atoms with Crippen molar-refractivity contribution in [1.29, 1.82) is 0 Å². The molecule has 8 N–H and O–H groups in total. The zero-order valence-electron chi connectivity index (χ0n) is 5.11. The maximum absolute atomic E-state index is 5.11. The van der Waals surface area contributed by atoms with Crippen molar-refractivity contribution in [3.63, 3.8) is 0 Å². The van der Waals surface area contributed by atoms with Gasteiger partial charge in [-0.1, -0.05) is 0 Å². The number of guanidine groups is 2. The van der Waals surface area contributed by atoms with Crippen molar-refractivity contribution < 1.29 is 0 Å². The third kappa shape index (κ3) is 4.78. The fourth-order valence-corrected chi connectivity index (χ4v) is 0.364. The van der Waals surface area contributed by atoms with Gasteiger partial charge in [0.25, 0.3) is 0 Å². The van der Waals surface area contributed by atoms with E-state index in [2.05, 4.69) is 22.2 Å². The second kappa shape index (κ2) is 3.62. The number of nitrogens with zero attached hydrogens (tertiary/aromatic N) is 2. The van der Waals surface area contributed by atoms with E-state index in [1.54, 1.807) is 0 Å². The van der Waals surface area contributed by atoms with Crippen molar-refractivity contribution >= 4 is 29.2 Å². The highest BCUT2D eigenvalue weighted by molar-refractivity contribution is 7.80. The molecule has 0 saturated carbocycles. The summed E-state index contributed by atoms with van der Waals surface area (Å²) in [7, 11) is 0. The molecule has 0 atom stereocenters. The van der Waals surface area contributed by atoms with E-state index in [1.165, 1.54) is 0 Å². The molecule has 0 amide bonds. The van der Waals surface area contributed by atoms with Crippen LogP contribution in [0.4, 0.5) is 0 Å². The average Bonchev–Trinajstić information content (AvgIpc) is 1.58. The van der Waals surface area contributed by atoms with E-state index in [0.717, 1.165) is 0 Å². The molecule has 0 unspecified atom stereocenters. The van der Waals surface area contributed by atoms with E-state index >= 15 is 0 Å². The molecular formula is C3H8N6S. The van der Waals surface area contributed by atoms with Gasteiger partial charge < -0.3 is 22.9 Å². The highest BCUT2D eigenvalue weighted by atomic mass is 32.1. The van der Waals surface area contributed by atoms with Gasteiger partial charge in [-0.25, -0.2) is 0 Å². The summed E-state index contributed by atoms with van der Waals surface area (Å²) in [5, 5.41) is -0.109. The first kappa shape index (κ1) is 8.63. The van der Waals surface area contributed by atoms with Crippen LogP contribution in [-0.4, -0.2) is 17.0 Å². The van der Waals surface area contributed by atoms with E-state index in [4.69, 9.17) is 22.9 Å². The van der Waals surface area contributed by atoms with Gasteiger partial charge in [-0.3, -0.25) is 0 Å². The molecular weight excluding hydrogens is 152 g/mol. The normalized spacial score (nSPS) is 10.6. The summed E-state index contributed by atoms with van der Waals surface area (Å²) in [5.41, 5.74) is 20.0. The van der Waals surface area contributed by atoms with Crippen molar-refractivity contribution in [1.82, 2.24) is 0 Å². The lowest BCUT2D eigenvalue weighted by atomic mass is 10.9. The third-order valence-electron chi connectivity index (χ3n) is 0.468. The van der Waals surface area contributed by atoms with E-state index in [1.807, 2.05) is 0 Å². The Bertz CT molecular complexity index is 189. The Morgan fingerprint density at radius 3 is 1.80 bits per heavy atom. The molecule has 0 saturated heterocycles. The predicted molar refractivity (Wildman–Crippen MR) is 44.2 cm³/mol. The van der Waals surface area contributed by atoms with Crippen LogP contribution >= 0.6 is 12.2 Å². The first-order valence-electron chi connectivity index (χ1n) is 2.25. The zero-order valence-corrected chi connectivity index (χ0v) is 5.93. The maximum atomic E-state index is 5.11. The van der Waals surface area contributed by atoms with Crippen LogP contribution in [0.15, 0.2) is 9.98 Å². The molecule has 0 aliphatic carbocycles. The van der Waals surface area contributed by atoms with Gasteiger partial charge in [0.1, 0.15) is 0 Å². The van der Waals surface area contributed by atoms with Gasteiger partial charge in [0, 0.05) is 0 Å². The Balaban J connectivity index is 4.22. The fourth-order valence-electron chi connectivity index (χ4n) is 0.270. The fraction of sp³-hybridized carbons (Fsp3) is 0. The molecule has 0 aromatic heterocycles. The smallest absolute Gasteiger partial charge is 0.225 e. The number of hydrogen-bond acceptors (Lipinski definition) is 1. The first-order chi connectivity index (χ1) is 4.52. The van der Waals surface area contributed by atoms with Crippen molar-refractivity contribution in [3.05, 3.63) is 0 Å². The number of hydrogen-bond donors (Lipinski definition) is 4. The second-order valence-corrected chi connectivity index (χ2v) is 1.76. The zero-order chi connectivity index (χ0) is 8.15. The predicted octanol–water partition coefficient (Wildman–Crippen LogP) is -2.18. The van der Waals surface area contributed by atoms with Crippen molar-refractivity contribution in [3.8, 4) is 0 Å². The molecule has 0 bridgehead atoms. The summed E-state index contributed by atoms with van der Waals surface area (Å²) in [6.45, 7) is 0. The minimum Gasteiger partial charge on any atom is -0.374 e. The molecule has 0 aromatic rings. The van der Waals surface area contributed by atoms with Gasteiger partial charge in [0.05, 0.1) is 0 Å². The van der Waals surface area contributed by atoms with Gasteiger partial charge in [-0.15, -0.1) is 0 Å². The number of rotatable bonds is 0. The molecule has 0 aliphatic heterocycles. The van der Waals surface area contributed by atoms with E-state index in [9.17, 15) is 0 Å². The van der Waals surface area contributed by atoms with Gasteiger partial charge in [0.2, 0.25) is 5.96 Å². The number of nitrogens with two attached hydrogens (primary N) is 4. The standard InChI is InChI=1S/C3H8N6S/c4-1(5)8-2(6)9-3(7)10/h(H8,4,5,6,7,8,9,10). The molecule has 0 rings (SSSR count). The van der Waals surface area contributed by atoms with Crippen molar-refractivity contribution in [2.45, 2.75) is 0 Å². The summed E-state index contributed by atoms with van der Waals surface area (Å²) in [4.78, 5) is 6.72. The van der Waals surface area contributed by atoms with Gasteiger partial charge >= 0.3 is 0 Å². The lowest BCUT2D eigenvalue weighted by Gasteiger charge is -1.90. The first-order valence-corrected chi connectivity index (χ1v) is 2.66. The molecule has 0 radical (unpaired) electrons. The van der Waals surface area contributed by atoms with Crippen LogP contribution < -0.4 is 22.9 Å². The van der Waals surface area contributed by atoms with Gasteiger partial charge in [-0.05, 0) is 12.2 Å². The van der Waals surface area contributed by atoms with Crippen LogP contribution in [0.3, 0.4) is 0 Å². The lowest BCUT2D eigenvalue weighted by molar-refractivity contribution is 1.41. The van der Waals surface area contributed by atoms with Gasteiger partial charge in [-0.2, -0.15) is 9.98 Å². The number of aliphatic imine (C=N–C) groups is 2. The highest BCUT2D eigenvalue weighted by Gasteiger charge is 1.88. The lowest BCUT2D eigenvalue weighted by Crippen LogP contribution is -2.27. The molecule has 0 aliphatic rings. The quantitative estimate of drug-likeness (QED) is 0.182. The van der Waals surface area contributed by atoms with Crippen LogP contribution in [-0.2, 0) is 0 Å². The van der Waals surface area contributed by atoms with Crippen LogP contribution in [0.5, 0.6) is 0 Å². The topological polar surface area (TPSA) is 129 Å². The van der Waals surface area contributed by atoms with Crippen LogP contribution in [0, 0.1) is 0 Å². The van der Waals surface area contributed by atoms with Crippen LogP contribution in [0.2, 0.25) is 0 Å². The minimum atomic E-state index is -0.183. The van der Waals surface area contributed by atoms with Crippen LogP contribution in [0.1, 0.15) is 0 Å². The molecule has 0 spiro atoms. The monoisotopic (exact) mass is 160 g/mol. The third-order valence-corrected chi connectivity index (χ3v) is 0.560. The molecule has 0 fully saturated rings. The number of thiocarbonyl (C=S) groups is 1. The Kier molecular flexibility index (Phi) is 3.12. The molecule has 6 nitrogen and oxygen atoms in total. The van der Waals surface area contributed by atoms with Gasteiger partial charge in [0.15, 0.2) is 11.1 Å². The highest BCUT2D eigenvalue weighted by Crippen LogP contribution is 1.72. The Hall–Kier alpha value is -1.37. The Morgan fingerprint density at radius 1 is 1.00 bits per heavy atom. The van der Waals surface area contributed by atoms with E-state index < -0.39 is 0 Å². The summed E-state index contributed by atoms with van der Waals surface area (Å²) < 4.78 is 0. The maximum Gasteiger partial charge on any atom is 0.225 e. The van der Waals surface area contributed by atoms with Crippen LogP contribution in [0.25, 0.3) is 0 Å². The molecule has 7 heteroatoms. The van der Waals surface area contributed by atoms with E-state index in [-0.39, 0.29) is 17.0 Å². The SMILES string of the molecule is NC(=S)/N=C(\N)N=C(N)N. The second-order valence-electron chi connectivity index (χ2n) is 1.34. The minimum absolute atomic E-state index is 0.109. The summed E-state index contributed by atoms with van der Waals surface area (Å²) >= 11 is 4.38. The molecule has 10 heavy (non-hydrogen) atoms. The molecule has 0 heterocycles. The van der Waals surface area contributed by atoms with E-state index in [0.29, 0.717) is 0 Å². The average molecular weight is 160 g/mol.